The molecule has 20 heavy (non-hydrogen) atoms. The van der Waals surface area contributed by atoms with Gasteiger partial charge < -0.3 is 10.6 Å². The Kier molecular flexibility index (Phi) is 3.29. The van der Waals surface area contributed by atoms with E-state index in [1.165, 1.54) is 0 Å². The number of nitriles is 1. The first-order valence-electron chi connectivity index (χ1n) is 6.97. The van der Waals surface area contributed by atoms with Crippen LogP contribution in [0.3, 0.4) is 0 Å². The molecule has 1 aromatic carbocycles. The minimum absolute atomic E-state index is 0.361. The topological polar surface area (TPSA) is 65.9 Å². The van der Waals surface area contributed by atoms with Gasteiger partial charge in [-0.05, 0) is 50.5 Å². The molecule has 4 heteroatoms. The number of likely N-dealkylation sites (tertiary alicyclic amines) is 1. The summed E-state index contributed by atoms with van der Waals surface area (Å²) in [6.45, 7) is 2.12. The van der Waals surface area contributed by atoms with Gasteiger partial charge in [-0.1, -0.05) is 18.2 Å². The monoisotopic (exact) mass is 266 g/mol. The van der Waals surface area contributed by atoms with E-state index in [0.29, 0.717) is 17.3 Å². The van der Waals surface area contributed by atoms with E-state index in [2.05, 4.69) is 29.1 Å². The molecule has 102 valence electrons. The standard InChI is InChI=1S/C16H18N4/c1-20-8-6-11(7-9-20)15-12-4-2-3-5-14(12)19-16(18)13(15)10-17/h2-5,11H,6-9H2,1H3,(H2,18,19). The van der Waals surface area contributed by atoms with Crippen molar-refractivity contribution in [2.45, 2.75) is 18.8 Å². The van der Waals surface area contributed by atoms with Crippen molar-refractivity contribution in [3.63, 3.8) is 0 Å². The smallest absolute Gasteiger partial charge is 0.142 e. The van der Waals surface area contributed by atoms with Crippen molar-refractivity contribution < 1.29 is 0 Å². The van der Waals surface area contributed by atoms with E-state index in [-0.39, 0.29) is 0 Å². The number of hydrogen-bond donors (Lipinski definition) is 1. The zero-order valence-corrected chi connectivity index (χ0v) is 11.6. The summed E-state index contributed by atoms with van der Waals surface area (Å²) in [5, 5.41) is 10.5. The second-order valence-corrected chi connectivity index (χ2v) is 5.49. The largest absolute Gasteiger partial charge is 0.383 e. The lowest BCUT2D eigenvalue weighted by Crippen LogP contribution is -2.29. The van der Waals surface area contributed by atoms with E-state index in [9.17, 15) is 5.26 Å². The number of piperidine rings is 1. The molecule has 2 N–H and O–H groups in total. The fraction of sp³-hybridized carbons (Fsp3) is 0.375. The van der Waals surface area contributed by atoms with Crippen LogP contribution in [0.1, 0.15) is 29.9 Å². The predicted octanol–water partition coefficient (Wildman–Crippen LogP) is 2.50. The third kappa shape index (κ3) is 2.10. The zero-order chi connectivity index (χ0) is 14.1. The molecule has 0 saturated carbocycles. The van der Waals surface area contributed by atoms with Gasteiger partial charge in [0.2, 0.25) is 0 Å². The number of nitrogens with zero attached hydrogens (tertiary/aromatic N) is 3. The minimum atomic E-state index is 0.361. The summed E-state index contributed by atoms with van der Waals surface area (Å²) in [6.07, 6.45) is 2.14. The SMILES string of the molecule is CN1CCC(c2c(C#N)c(N)nc3ccccc23)CC1. The fourth-order valence-electron chi connectivity index (χ4n) is 3.10. The molecule has 0 amide bonds. The van der Waals surface area contributed by atoms with Crippen molar-refractivity contribution in [3.8, 4) is 6.07 Å². The third-order valence-corrected chi connectivity index (χ3v) is 4.20. The van der Waals surface area contributed by atoms with Crippen LogP contribution in [-0.2, 0) is 0 Å². The first kappa shape index (κ1) is 12.9. The van der Waals surface area contributed by atoms with E-state index in [4.69, 9.17) is 5.73 Å². The van der Waals surface area contributed by atoms with Gasteiger partial charge in [0, 0.05) is 5.39 Å². The van der Waals surface area contributed by atoms with E-state index in [1.807, 2.05) is 18.2 Å². The van der Waals surface area contributed by atoms with Gasteiger partial charge in [0.15, 0.2) is 0 Å². The highest BCUT2D eigenvalue weighted by Gasteiger charge is 2.24. The van der Waals surface area contributed by atoms with Crippen LogP contribution in [0.4, 0.5) is 5.82 Å². The van der Waals surface area contributed by atoms with E-state index in [0.717, 1.165) is 42.4 Å². The number of aromatic nitrogens is 1. The second kappa shape index (κ2) is 5.10. The maximum Gasteiger partial charge on any atom is 0.142 e. The quantitative estimate of drug-likeness (QED) is 0.861. The first-order chi connectivity index (χ1) is 9.70. The van der Waals surface area contributed by atoms with Crippen molar-refractivity contribution >= 4 is 16.7 Å². The molecule has 1 aliphatic heterocycles. The van der Waals surface area contributed by atoms with Crippen LogP contribution in [0.25, 0.3) is 10.9 Å². The zero-order valence-electron chi connectivity index (χ0n) is 11.6. The van der Waals surface area contributed by atoms with E-state index >= 15 is 0 Å². The van der Waals surface area contributed by atoms with E-state index < -0.39 is 0 Å². The van der Waals surface area contributed by atoms with Crippen LogP contribution in [0.2, 0.25) is 0 Å². The van der Waals surface area contributed by atoms with Crippen molar-refractivity contribution in [2.75, 3.05) is 25.9 Å². The van der Waals surface area contributed by atoms with Crippen LogP contribution < -0.4 is 5.73 Å². The van der Waals surface area contributed by atoms with Gasteiger partial charge in [-0.2, -0.15) is 5.26 Å². The number of fused-ring (bicyclic) bond motifs is 1. The van der Waals surface area contributed by atoms with Gasteiger partial charge in [0.25, 0.3) is 0 Å². The Labute approximate surface area is 118 Å². The van der Waals surface area contributed by atoms with Gasteiger partial charge in [0.1, 0.15) is 11.9 Å². The lowest BCUT2D eigenvalue weighted by atomic mass is 9.84. The maximum atomic E-state index is 9.46. The van der Waals surface area contributed by atoms with Crippen molar-refractivity contribution in [2.24, 2.45) is 0 Å². The summed E-state index contributed by atoms with van der Waals surface area (Å²) in [5.74, 6) is 0.760. The number of hydrogen-bond acceptors (Lipinski definition) is 4. The summed E-state index contributed by atoms with van der Waals surface area (Å²) < 4.78 is 0. The molecule has 4 nitrogen and oxygen atoms in total. The average Bonchev–Trinajstić information content (AvgIpc) is 2.47. The number of nitrogen functional groups attached to an aromatic ring is 1. The molecule has 0 unspecified atom stereocenters. The molecular formula is C16H18N4. The van der Waals surface area contributed by atoms with Crippen LogP contribution in [-0.4, -0.2) is 30.0 Å². The highest BCUT2D eigenvalue weighted by atomic mass is 15.1. The van der Waals surface area contributed by atoms with Crippen molar-refractivity contribution in [1.29, 1.82) is 5.26 Å². The Balaban J connectivity index is 2.19. The molecule has 0 spiro atoms. The highest BCUT2D eigenvalue weighted by Crippen LogP contribution is 2.36. The Bertz CT molecular complexity index is 679. The number of rotatable bonds is 1. The number of benzene rings is 1. The summed E-state index contributed by atoms with van der Waals surface area (Å²) in [4.78, 5) is 6.69. The number of nitrogens with two attached hydrogens (primary N) is 1. The Morgan fingerprint density at radius 3 is 2.70 bits per heavy atom. The molecule has 1 aromatic heterocycles. The molecule has 3 rings (SSSR count). The number of para-hydroxylation sites is 1. The first-order valence-corrected chi connectivity index (χ1v) is 6.97. The molecular weight excluding hydrogens is 248 g/mol. The molecule has 0 aliphatic carbocycles. The molecule has 1 aliphatic rings. The average molecular weight is 266 g/mol. The normalized spacial score (nSPS) is 17.2. The third-order valence-electron chi connectivity index (χ3n) is 4.20. The van der Waals surface area contributed by atoms with Gasteiger partial charge in [0.05, 0.1) is 11.1 Å². The summed E-state index contributed by atoms with van der Waals surface area (Å²) >= 11 is 0. The molecule has 2 aromatic rings. The Morgan fingerprint density at radius 2 is 2.00 bits per heavy atom. The number of pyridine rings is 1. The Hall–Kier alpha value is -2.12. The maximum absolute atomic E-state index is 9.46. The van der Waals surface area contributed by atoms with Gasteiger partial charge in [-0.3, -0.25) is 0 Å². The van der Waals surface area contributed by atoms with E-state index in [1.54, 1.807) is 0 Å². The van der Waals surface area contributed by atoms with Gasteiger partial charge >= 0.3 is 0 Å². The van der Waals surface area contributed by atoms with Crippen LogP contribution in [0, 0.1) is 11.3 Å². The van der Waals surface area contributed by atoms with Crippen LogP contribution in [0.5, 0.6) is 0 Å². The molecule has 0 radical (unpaired) electrons. The molecule has 1 saturated heterocycles. The second-order valence-electron chi connectivity index (χ2n) is 5.49. The summed E-state index contributed by atoms with van der Waals surface area (Å²) in [6, 6.07) is 10.2. The fourth-order valence-corrected chi connectivity index (χ4v) is 3.10. The van der Waals surface area contributed by atoms with Gasteiger partial charge in [-0.15, -0.1) is 0 Å². The minimum Gasteiger partial charge on any atom is -0.383 e. The lowest BCUT2D eigenvalue weighted by Gasteiger charge is -2.30. The summed E-state index contributed by atoms with van der Waals surface area (Å²) in [5.41, 5.74) is 8.54. The lowest BCUT2D eigenvalue weighted by molar-refractivity contribution is 0.256. The predicted molar refractivity (Wildman–Crippen MR) is 80.3 cm³/mol. The number of anilines is 1. The van der Waals surface area contributed by atoms with Crippen LogP contribution >= 0.6 is 0 Å². The Morgan fingerprint density at radius 1 is 1.30 bits per heavy atom. The molecule has 1 fully saturated rings. The van der Waals surface area contributed by atoms with Crippen molar-refractivity contribution in [1.82, 2.24) is 9.88 Å². The molecule has 2 heterocycles. The van der Waals surface area contributed by atoms with Crippen molar-refractivity contribution in [3.05, 3.63) is 35.4 Å². The molecule has 0 atom stereocenters. The van der Waals surface area contributed by atoms with Crippen LogP contribution in [0.15, 0.2) is 24.3 Å². The summed E-state index contributed by atoms with van der Waals surface area (Å²) in [7, 11) is 2.14. The highest BCUT2D eigenvalue weighted by molar-refractivity contribution is 5.87. The van der Waals surface area contributed by atoms with Gasteiger partial charge in [-0.25, -0.2) is 4.98 Å². The molecule has 0 bridgehead atoms.